The Morgan fingerprint density at radius 3 is 2.81 bits per heavy atom. The van der Waals surface area contributed by atoms with Crippen LogP contribution in [0.2, 0.25) is 5.02 Å². The maximum absolute atomic E-state index is 15.4. The quantitative estimate of drug-likeness (QED) is 0.508. The fraction of sp³-hybridized carbons (Fsp3) is 0.500. The first-order chi connectivity index (χ1) is 17.7. The molecule has 3 fully saturated rings. The zero-order chi connectivity index (χ0) is 26.0. The van der Waals surface area contributed by atoms with Crippen LogP contribution in [0.15, 0.2) is 18.3 Å². The van der Waals surface area contributed by atoms with Crippen LogP contribution in [0.5, 0.6) is 0 Å². The number of hydrogen-bond donors (Lipinski definition) is 2. The largest absolute Gasteiger partial charge is 0.447 e. The van der Waals surface area contributed by atoms with E-state index in [1.807, 2.05) is 20.8 Å². The molecule has 0 spiro atoms. The number of hydrogen-bond acceptors (Lipinski definition) is 9. The number of fused-ring (bicyclic) bond motifs is 3. The molecule has 0 unspecified atom stereocenters. The number of amides is 1. The van der Waals surface area contributed by atoms with Crippen LogP contribution in [-0.2, 0) is 14.2 Å². The maximum atomic E-state index is 15.4. The number of halogens is 2. The van der Waals surface area contributed by atoms with Crippen LogP contribution in [0, 0.1) is 5.82 Å². The Kier molecular flexibility index (Phi) is 5.94. The average molecular weight is 533 g/mol. The minimum atomic E-state index is -0.895. The zero-order valence-electron chi connectivity index (χ0n) is 20.4. The lowest BCUT2D eigenvalue weighted by atomic mass is 10.0. The molecule has 2 bridgehead atoms. The Morgan fingerprint density at radius 2 is 2.08 bits per heavy atom. The Hall–Kier alpha value is -3.06. The minimum Gasteiger partial charge on any atom is -0.447 e. The van der Waals surface area contributed by atoms with E-state index in [2.05, 4.69) is 20.3 Å². The highest BCUT2D eigenvalue weighted by Gasteiger charge is 2.43. The molecule has 196 valence electrons. The summed E-state index contributed by atoms with van der Waals surface area (Å²) in [7, 11) is 0. The van der Waals surface area contributed by atoms with Gasteiger partial charge < -0.3 is 29.2 Å². The third-order valence-corrected chi connectivity index (χ3v) is 7.14. The molecule has 0 radical (unpaired) electrons. The van der Waals surface area contributed by atoms with Gasteiger partial charge >= 0.3 is 6.09 Å². The number of nitrogens with one attached hydrogen (secondary N) is 1. The van der Waals surface area contributed by atoms with Gasteiger partial charge in [-0.15, -0.1) is 0 Å². The first-order valence-electron chi connectivity index (χ1n) is 12.1. The third kappa shape index (κ3) is 4.08. The number of nitrogens with zero attached hydrogens (tertiary/aromatic N) is 5. The third-order valence-electron chi connectivity index (χ3n) is 6.86. The van der Waals surface area contributed by atoms with Crippen molar-refractivity contribution in [3.63, 3.8) is 0 Å². The summed E-state index contributed by atoms with van der Waals surface area (Å²) in [6.07, 6.45) is -0.273. The molecular formula is C24H26ClFN6O5. The van der Waals surface area contributed by atoms with Gasteiger partial charge in [0, 0.05) is 11.6 Å². The van der Waals surface area contributed by atoms with E-state index in [-0.39, 0.29) is 47.3 Å². The number of aromatic nitrogens is 4. The molecule has 0 aliphatic carbocycles. The predicted octanol–water partition coefficient (Wildman–Crippen LogP) is 3.50. The van der Waals surface area contributed by atoms with E-state index in [4.69, 9.17) is 25.8 Å². The normalized spacial score (nSPS) is 27.4. The van der Waals surface area contributed by atoms with Crippen molar-refractivity contribution in [2.75, 3.05) is 23.4 Å². The molecule has 5 heterocycles. The lowest BCUT2D eigenvalue weighted by Crippen LogP contribution is -2.48. The monoisotopic (exact) mass is 532 g/mol. The average Bonchev–Trinajstić information content (AvgIpc) is 3.53. The van der Waals surface area contributed by atoms with E-state index in [1.54, 1.807) is 10.6 Å². The van der Waals surface area contributed by atoms with Crippen molar-refractivity contribution in [3.05, 3.63) is 29.2 Å². The number of carbonyl (C=O) groups is 1. The number of rotatable bonds is 5. The van der Waals surface area contributed by atoms with Gasteiger partial charge in [0.15, 0.2) is 12.1 Å². The van der Waals surface area contributed by atoms with Crippen molar-refractivity contribution in [2.24, 2.45) is 0 Å². The molecule has 1 amide bonds. The number of benzene rings is 1. The van der Waals surface area contributed by atoms with E-state index < -0.39 is 24.3 Å². The predicted molar refractivity (Wildman–Crippen MR) is 132 cm³/mol. The number of anilines is 2. The Balaban J connectivity index is 1.40. The minimum absolute atomic E-state index is 0.115. The summed E-state index contributed by atoms with van der Waals surface area (Å²) in [5.41, 5.74) is 1.35. The summed E-state index contributed by atoms with van der Waals surface area (Å²) in [4.78, 5) is 27.1. The van der Waals surface area contributed by atoms with Crippen molar-refractivity contribution in [2.45, 2.75) is 63.8 Å². The fourth-order valence-electron chi connectivity index (χ4n) is 5.09. The molecule has 0 saturated carbocycles. The second-order valence-electron chi connectivity index (χ2n) is 9.82. The summed E-state index contributed by atoms with van der Waals surface area (Å²) >= 11 is 6.45. The molecule has 5 atom stereocenters. The number of aliphatic hydroxyl groups is 1. The first-order valence-corrected chi connectivity index (χ1v) is 12.5. The van der Waals surface area contributed by atoms with Gasteiger partial charge in [-0.05, 0) is 39.3 Å². The molecule has 13 heteroatoms. The summed E-state index contributed by atoms with van der Waals surface area (Å²) < 4.78 is 33.4. The van der Waals surface area contributed by atoms with Crippen LogP contribution >= 0.6 is 11.6 Å². The zero-order valence-corrected chi connectivity index (χ0v) is 21.1. The Bertz CT molecular complexity index is 1390. The SMILES string of the molecule is CC(C)n1c(N2C(=O)OC[C@@H]2C)nc2c(F)cc(-c3nc(N[C@@H]4C[C@H]5CO[C@H](O5)[C@H]4O)ncc3Cl)cc21. The van der Waals surface area contributed by atoms with E-state index in [0.29, 0.717) is 35.8 Å². The van der Waals surface area contributed by atoms with Gasteiger partial charge in [-0.3, -0.25) is 0 Å². The fourth-order valence-corrected chi connectivity index (χ4v) is 5.29. The highest BCUT2D eigenvalue weighted by molar-refractivity contribution is 6.33. The molecule has 3 aliphatic heterocycles. The summed E-state index contributed by atoms with van der Waals surface area (Å²) in [5, 5.41) is 13.9. The molecule has 1 aromatic carbocycles. The van der Waals surface area contributed by atoms with Crippen molar-refractivity contribution in [1.82, 2.24) is 19.5 Å². The molecule has 3 aromatic rings. The topological polar surface area (TPSA) is 124 Å². The Labute approximate surface area is 216 Å². The summed E-state index contributed by atoms with van der Waals surface area (Å²) in [6.45, 7) is 6.35. The smallest absolute Gasteiger partial charge is 0.417 e. The van der Waals surface area contributed by atoms with E-state index in [9.17, 15) is 9.90 Å². The first kappa shape index (κ1) is 24.3. The number of ether oxygens (including phenoxy) is 3. The summed E-state index contributed by atoms with van der Waals surface area (Å²) in [6, 6.07) is 2.30. The highest BCUT2D eigenvalue weighted by atomic mass is 35.5. The molecule has 11 nitrogen and oxygen atoms in total. The Morgan fingerprint density at radius 1 is 1.27 bits per heavy atom. The second-order valence-corrected chi connectivity index (χ2v) is 10.2. The lowest BCUT2D eigenvalue weighted by Gasteiger charge is -2.32. The van der Waals surface area contributed by atoms with Crippen LogP contribution in [0.25, 0.3) is 22.3 Å². The van der Waals surface area contributed by atoms with Gasteiger partial charge in [0.25, 0.3) is 0 Å². The number of aliphatic hydroxyl groups excluding tert-OH is 1. The van der Waals surface area contributed by atoms with E-state index >= 15 is 4.39 Å². The second kappa shape index (κ2) is 9.05. The van der Waals surface area contributed by atoms with Gasteiger partial charge in [-0.1, -0.05) is 11.6 Å². The van der Waals surface area contributed by atoms with Crippen molar-refractivity contribution in [3.8, 4) is 11.3 Å². The van der Waals surface area contributed by atoms with E-state index in [1.165, 1.54) is 17.2 Å². The number of cyclic esters (lactones) is 1. The van der Waals surface area contributed by atoms with Crippen molar-refractivity contribution in [1.29, 1.82) is 0 Å². The van der Waals surface area contributed by atoms with E-state index in [0.717, 1.165) is 0 Å². The van der Waals surface area contributed by atoms with Crippen molar-refractivity contribution < 1.29 is 28.5 Å². The van der Waals surface area contributed by atoms with Crippen molar-refractivity contribution >= 4 is 40.6 Å². The van der Waals surface area contributed by atoms with Crippen LogP contribution in [-0.4, -0.2) is 74.5 Å². The van der Waals surface area contributed by atoms with Gasteiger partial charge in [-0.2, -0.15) is 0 Å². The molecule has 2 aromatic heterocycles. The molecular weight excluding hydrogens is 507 g/mol. The molecule has 2 N–H and O–H groups in total. The molecule has 37 heavy (non-hydrogen) atoms. The van der Waals surface area contributed by atoms with Crippen LogP contribution in [0.4, 0.5) is 21.1 Å². The van der Waals surface area contributed by atoms with Crippen LogP contribution < -0.4 is 10.2 Å². The van der Waals surface area contributed by atoms with Crippen LogP contribution in [0.3, 0.4) is 0 Å². The molecule has 6 rings (SSSR count). The molecule has 3 saturated heterocycles. The van der Waals surface area contributed by atoms with Gasteiger partial charge in [0.05, 0.1) is 47.2 Å². The lowest BCUT2D eigenvalue weighted by molar-refractivity contribution is -0.156. The van der Waals surface area contributed by atoms with Gasteiger partial charge in [0.2, 0.25) is 11.9 Å². The van der Waals surface area contributed by atoms with Crippen LogP contribution in [0.1, 0.15) is 33.2 Å². The summed E-state index contributed by atoms with van der Waals surface area (Å²) in [5.74, 6) is -0.0272. The highest BCUT2D eigenvalue weighted by Crippen LogP contribution is 2.36. The van der Waals surface area contributed by atoms with Gasteiger partial charge in [-0.25, -0.2) is 29.0 Å². The number of carbonyl (C=O) groups excluding carboxylic acids is 1. The maximum Gasteiger partial charge on any atom is 0.417 e. The molecule has 3 aliphatic rings. The standard InChI is InChI=1S/C24H26ClFN6O5/c1-10(2)31-17-5-12(4-15(26)19(17)30-23(31)32-11(3)8-36-24(32)34)18-14(25)7-27-22(29-18)28-16-6-13-9-35-21(37-13)20(16)33/h4-5,7,10-11,13,16,20-21,33H,6,8-9H2,1-3H3,(H,27,28,29)/t11-,13-,16+,20-,21+/m0/s1. The number of imidazole rings is 1. The van der Waals surface area contributed by atoms with Gasteiger partial charge in [0.1, 0.15) is 18.2 Å².